The van der Waals surface area contributed by atoms with Gasteiger partial charge in [-0.15, -0.1) is 0 Å². The van der Waals surface area contributed by atoms with Gasteiger partial charge in [0.25, 0.3) is 0 Å². The highest BCUT2D eigenvalue weighted by Gasteiger charge is 2.14. The number of carbonyl (C=O) groups excluding carboxylic acids is 1. The Balaban J connectivity index is 2.43. The minimum atomic E-state index is 0.0827. The molecule has 3 heteroatoms. The molecule has 19 heavy (non-hydrogen) atoms. The van der Waals surface area contributed by atoms with Crippen molar-refractivity contribution in [2.75, 3.05) is 0 Å². The first-order chi connectivity index (χ1) is 9.02. The standard InChI is InChI=1S/C16H14BrIO/c1-3-11-4-6-12(7-5-11)16(19)14-8-13(18)9-15(17)10(14)2/h4-9H,3H2,1-2H3. The molecule has 0 fully saturated rings. The van der Waals surface area contributed by atoms with Crippen molar-refractivity contribution in [3.05, 3.63) is 66.7 Å². The Hall–Kier alpha value is -0.680. The van der Waals surface area contributed by atoms with Crippen LogP contribution in [0.5, 0.6) is 0 Å². The average Bonchev–Trinajstić information content (AvgIpc) is 2.42. The van der Waals surface area contributed by atoms with Crippen LogP contribution in [0.15, 0.2) is 40.9 Å². The number of hydrogen-bond donors (Lipinski definition) is 0. The van der Waals surface area contributed by atoms with Crippen molar-refractivity contribution >= 4 is 44.3 Å². The van der Waals surface area contributed by atoms with E-state index in [9.17, 15) is 4.79 Å². The Kier molecular flexibility index (Phi) is 4.79. The van der Waals surface area contributed by atoms with Crippen molar-refractivity contribution in [1.82, 2.24) is 0 Å². The van der Waals surface area contributed by atoms with E-state index in [-0.39, 0.29) is 5.78 Å². The first-order valence-electron chi connectivity index (χ1n) is 6.12. The Morgan fingerprint density at radius 2 is 1.84 bits per heavy atom. The zero-order chi connectivity index (χ0) is 14.0. The fourth-order valence-corrected chi connectivity index (χ4v) is 3.44. The molecular formula is C16H14BrIO. The van der Waals surface area contributed by atoms with Crippen molar-refractivity contribution in [2.24, 2.45) is 0 Å². The lowest BCUT2D eigenvalue weighted by Gasteiger charge is -2.08. The van der Waals surface area contributed by atoms with E-state index in [4.69, 9.17) is 0 Å². The van der Waals surface area contributed by atoms with Gasteiger partial charge in [-0.25, -0.2) is 0 Å². The van der Waals surface area contributed by atoms with Gasteiger partial charge >= 0.3 is 0 Å². The summed E-state index contributed by atoms with van der Waals surface area (Å²) in [4.78, 5) is 12.5. The zero-order valence-electron chi connectivity index (χ0n) is 10.8. The second-order valence-electron chi connectivity index (χ2n) is 4.44. The van der Waals surface area contributed by atoms with Crippen molar-refractivity contribution in [2.45, 2.75) is 20.3 Å². The fourth-order valence-electron chi connectivity index (χ4n) is 1.93. The Labute approximate surface area is 135 Å². The molecule has 0 radical (unpaired) electrons. The van der Waals surface area contributed by atoms with Crippen LogP contribution in [0.4, 0.5) is 0 Å². The summed E-state index contributed by atoms with van der Waals surface area (Å²) in [6.45, 7) is 4.07. The van der Waals surface area contributed by atoms with Crippen LogP contribution in [-0.4, -0.2) is 5.78 Å². The van der Waals surface area contributed by atoms with Gasteiger partial charge in [0.15, 0.2) is 5.78 Å². The van der Waals surface area contributed by atoms with E-state index in [2.05, 4.69) is 45.4 Å². The van der Waals surface area contributed by atoms with Crippen molar-refractivity contribution in [3.8, 4) is 0 Å². The maximum absolute atomic E-state index is 12.5. The maximum atomic E-state index is 12.5. The SMILES string of the molecule is CCc1ccc(C(=O)c2cc(I)cc(Br)c2C)cc1. The minimum Gasteiger partial charge on any atom is -0.289 e. The van der Waals surface area contributed by atoms with Crippen molar-refractivity contribution < 1.29 is 4.79 Å². The van der Waals surface area contributed by atoms with Crippen molar-refractivity contribution in [3.63, 3.8) is 0 Å². The van der Waals surface area contributed by atoms with Gasteiger partial charge in [0.2, 0.25) is 0 Å². The van der Waals surface area contributed by atoms with Gasteiger partial charge in [-0.05, 0) is 59.2 Å². The molecule has 0 aliphatic heterocycles. The lowest BCUT2D eigenvalue weighted by Crippen LogP contribution is -2.05. The van der Waals surface area contributed by atoms with E-state index in [1.807, 2.05) is 43.3 Å². The van der Waals surface area contributed by atoms with Gasteiger partial charge in [-0.3, -0.25) is 4.79 Å². The Bertz CT molecular complexity index is 617. The summed E-state index contributed by atoms with van der Waals surface area (Å²) in [5.74, 6) is 0.0827. The number of carbonyl (C=O) groups is 1. The summed E-state index contributed by atoms with van der Waals surface area (Å²) in [7, 11) is 0. The largest absolute Gasteiger partial charge is 0.289 e. The van der Waals surface area contributed by atoms with Gasteiger partial charge in [0.1, 0.15) is 0 Å². The molecule has 2 aromatic carbocycles. The quantitative estimate of drug-likeness (QED) is 0.487. The second kappa shape index (κ2) is 6.18. The molecule has 0 heterocycles. The van der Waals surface area contributed by atoms with Gasteiger partial charge in [-0.1, -0.05) is 47.1 Å². The zero-order valence-corrected chi connectivity index (χ0v) is 14.6. The number of ketones is 1. The maximum Gasteiger partial charge on any atom is 0.193 e. The van der Waals surface area contributed by atoms with Gasteiger partial charge in [0.05, 0.1) is 0 Å². The highest BCUT2D eigenvalue weighted by Crippen LogP contribution is 2.25. The minimum absolute atomic E-state index is 0.0827. The Morgan fingerprint density at radius 3 is 2.42 bits per heavy atom. The highest BCUT2D eigenvalue weighted by atomic mass is 127. The first-order valence-corrected chi connectivity index (χ1v) is 7.99. The molecule has 0 spiro atoms. The van der Waals surface area contributed by atoms with Crippen LogP contribution in [0.25, 0.3) is 0 Å². The molecule has 98 valence electrons. The fraction of sp³-hybridized carbons (Fsp3) is 0.188. The number of aryl methyl sites for hydroxylation is 1. The number of halogens is 2. The topological polar surface area (TPSA) is 17.1 Å². The summed E-state index contributed by atoms with van der Waals surface area (Å²) in [5, 5.41) is 0. The summed E-state index contributed by atoms with van der Waals surface area (Å²) in [6, 6.07) is 11.8. The smallest absolute Gasteiger partial charge is 0.193 e. The molecule has 0 bridgehead atoms. The van der Waals surface area contributed by atoms with Crippen LogP contribution in [0.3, 0.4) is 0 Å². The molecular weight excluding hydrogens is 415 g/mol. The monoisotopic (exact) mass is 428 g/mol. The van der Waals surface area contributed by atoms with Crippen molar-refractivity contribution in [1.29, 1.82) is 0 Å². The van der Waals surface area contributed by atoms with E-state index in [0.717, 1.165) is 31.2 Å². The van der Waals surface area contributed by atoms with E-state index in [1.54, 1.807) is 0 Å². The molecule has 0 saturated heterocycles. The molecule has 0 N–H and O–H groups in total. The molecule has 0 aliphatic rings. The third-order valence-electron chi connectivity index (χ3n) is 3.18. The van der Waals surface area contributed by atoms with E-state index in [1.165, 1.54) is 5.56 Å². The summed E-state index contributed by atoms with van der Waals surface area (Å²) in [6.07, 6.45) is 0.988. The Morgan fingerprint density at radius 1 is 1.21 bits per heavy atom. The van der Waals surface area contributed by atoms with Crippen LogP contribution in [0, 0.1) is 10.5 Å². The third-order valence-corrected chi connectivity index (χ3v) is 4.62. The van der Waals surface area contributed by atoms with E-state index < -0.39 is 0 Å². The highest BCUT2D eigenvalue weighted by molar-refractivity contribution is 14.1. The molecule has 0 amide bonds. The molecule has 0 saturated carbocycles. The van der Waals surface area contributed by atoms with Crippen LogP contribution in [0.2, 0.25) is 0 Å². The van der Waals surface area contributed by atoms with Gasteiger partial charge < -0.3 is 0 Å². The van der Waals surface area contributed by atoms with Crippen LogP contribution >= 0.6 is 38.5 Å². The van der Waals surface area contributed by atoms with E-state index in [0.29, 0.717) is 0 Å². The molecule has 0 aliphatic carbocycles. The molecule has 2 rings (SSSR count). The molecule has 0 unspecified atom stereocenters. The predicted octanol–water partition coefficient (Wildman–Crippen LogP) is 5.16. The molecule has 1 nitrogen and oxygen atoms in total. The summed E-state index contributed by atoms with van der Waals surface area (Å²) >= 11 is 5.73. The molecule has 0 atom stereocenters. The van der Waals surface area contributed by atoms with E-state index >= 15 is 0 Å². The lowest BCUT2D eigenvalue weighted by atomic mass is 9.98. The molecule has 0 aromatic heterocycles. The molecule has 2 aromatic rings. The van der Waals surface area contributed by atoms with Crippen LogP contribution in [-0.2, 0) is 6.42 Å². The average molecular weight is 429 g/mol. The number of benzene rings is 2. The number of hydrogen-bond acceptors (Lipinski definition) is 1. The first kappa shape index (κ1) is 14.7. The summed E-state index contributed by atoms with van der Waals surface area (Å²) < 4.78 is 2.04. The normalized spacial score (nSPS) is 10.5. The predicted molar refractivity (Wildman–Crippen MR) is 90.8 cm³/mol. The lowest BCUT2D eigenvalue weighted by molar-refractivity contribution is 0.103. The van der Waals surface area contributed by atoms with Crippen LogP contribution in [0.1, 0.15) is 34.0 Å². The van der Waals surface area contributed by atoms with Gasteiger partial charge in [-0.2, -0.15) is 0 Å². The number of rotatable bonds is 3. The van der Waals surface area contributed by atoms with Gasteiger partial charge in [0, 0.05) is 19.2 Å². The van der Waals surface area contributed by atoms with Crippen LogP contribution < -0.4 is 0 Å². The third kappa shape index (κ3) is 3.26. The summed E-state index contributed by atoms with van der Waals surface area (Å²) in [5.41, 5.74) is 3.75. The second-order valence-corrected chi connectivity index (χ2v) is 6.54.